The van der Waals surface area contributed by atoms with E-state index in [1.54, 1.807) is 35.0 Å². The molecule has 19 N–H and O–H groups in total. The van der Waals surface area contributed by atoms with Crippen LogP contribution in [0.5, 0.6) is 0 Å². The van der Waals surface area contributed by atoms with Crippen LogP contribution in [0.2, 0.25) is 5.02 Å². The van der Waals surface area contributed by atoms with E-state index >= 15 is 0 Å². The number of benzene rings is 2. The second-order valence-electron chi connectivity index (χ2n) is 23.0. The molecule has 1 heterocycles. The molecule has 1 aliphatic rings. The average molecular weight is 1470 g/mol. The van der Waals surface area contributed by atoms with E-state index < -0.39 is 24.2 Å². The maximum atomic E-state index is 14.4. The van der Waals surface area contributed by atoms with E-state index in [0.29, 0.717) is 38.3 Å². The van der Waals surface area contributed by atoms with Crippen LogP contribution >= 0.6 is 11.6 Å². The predicted molar refractivity (Wildman–Crippen MR) is 430 cm³/mol. The van der Waals surface area contributed by atoms with E-state index in [1.807, 2.05) is 150 Å². The van der Waals surface area contributed by atoms with Gasteiger partial charge in [-0.25, -0.2) is 0 Å². The zero-order chi connectivity index (χ0) is 81.2. The van der Waals surface area contributed by atoms with Gasteiger partial charge in [0.25, 0.3) is 0 Å². The third kappa shape index (κ3) is 89.5. The van der Waals surface area contributed by atoms with Crippen LogP contribution < -0.4 is 46.7 Å². The summed E-state index contributed by atoms with van der Waals surface area (Å²) < 4.78 is 0. The summed E-state index contributed by atoms with van der Waals surface area (Å²) in [7, 11) is 10.8. The molecule has 0 unspecified atom stereocenters. The number of nitrogens with one attached hydrogen (secondary N) is 1. The maximum Gasteiger partial charge on any atom is 0.246 e. The van der Waals surface area contributed by atoms with Crippen molar-refractivity contribution in [1.29, 1.82) is 0 Å². The highest BCUT2D eigenvalue weighted by atomic mass is 35.5. The summed E-state index contributed by atoms with van der Waals surface area (Å²) in [4.78, 5) is 133. The van der Waals surface area contributed by atoms with Gasteiger partial charge in [-0.05, 0) is 146 Å². The van der Waals surface area contributed by atoms with Crippen molar-refractivity contribution in [3.63, 3.8) is 0 Å². The lowest BCUT2D eigenvalue weighted by molar-refractivity contribution is -0.152. The van der Waals surface area contributed by atoms with Gasteiger partial charge in [0.2, 0.25) is 29.5 Å². The van der Waals surface area contributed by atoms with Crippen LogP contribution in [0, 0.1) is 35.5 Å². The Balaban J connectivity index is -0.0000000708. The summed E-state index contributed by atoms with van der Waals surface area (Å²) >= 11 is 5.72. The van der Waals surface area contributed by atoms with Crippen LogP contribution in [0.15, 0.2) is 54.6 Å². The van der Waals surface area contributed by atoms with Crippen LogP contribution in [-0.2, 0) is 70.4 Å². The number of likely N-dealkylation sites (tertiary alicyclic amines) is 1. The van der Waals surface area contributed by atoms with E-state index in [2.05, 4.69) is 96.6 Å². The largest absolute Gasteiger partial charge is 0.394 e. The minimum atomic E-state index is -0.853. The van der Waals surface area contributed by atoms with E-state index in [1.165, 1.54) is 61.8 Å². The number of aryl methyl sites for hydroxylation is 1. The second kappa shape index (κ2) is 107. The Morgan fingerprint density at radius 3 is 1.18 bits per heavy atom. The highest BCUT2D eigenvalue weighted by molar-refractivity contribution is 6.30. The molecule has 5 amide bonds. The number of carbonyl (C=O) groups excluding carboxylic acids is 12. The normalized spacial score (nSPS) is 10.9. The Hall–Kier alpha value is -6.55. The number of piperidine rings is 1. The van der Waals surface area contributed by atoms with E-state index in [9.17, 15) is 28.8 Å². The molecule has 0 aliphatic carbocycles. The minimum absolute atomic E-state index is 0. The number of aliphatic hydroxyl groups is 1. The summed E-state index contributed by atoms with van der Waals surface area (Å²) in [5.74, 6) is 1.11. The van der Waals surface area contributed by atoms with Gasteiger partial charge in [-0.15, -0.1) is 0 Å². The fourth-order valence-electron chi connectivity index (χ4n) is 7.38. The SMILES string of the molecule is C=O.C=O.C=O.C=O.C=O.C=O.CC.CC(C)C.CC(C)CCC=O.CC(C)O.CCC(C)C.CC[C@H](C)[C@H](NC(=O)[C@H](CC(C)C)N(C)C(=O)[C@H](CC(C)C)N(C)C(=O)[C@H](Cc1ccccc1)N(C)C(C)=O)C(=O)N1CCCCC1.CCc1cccc(Cl)c1.CN.CN.CN.CN.N.N.N. The number of aldehydes is 1. The van der Waals surface area contributed by atoms with E-state index in [0.717, 1.165) is 73.7 Å². The van der Waals surface area contributed by atoms with E-state index in [-0.39, 0.29) is 71.8 Å². The third-order valence-corrected chi connectivity index (χ3v) is 12.8. The molecule has 0 radical (unpaired) electrons. The Morgan fingerprint density at radius 1 is 0.545 bits per heavy atom. The summed E-state index contributed by atoms with van der Waals surface area (Å²) in [5.41, 5.74) is 20.2. The highest BCUT2D eigenvalue weighted by Gasteiger charge is 2.40. The smallest absolute Gasteiger partial charge is 0.246 e. The van der Waals surface area contributed by atoms with Crippen molar-refractivity contribution in [3.8, 4) is 0 Å². The van der Waals surface area contributed by atoms with Gasteiger partial charge in [-0.1, -0.05) is 185 Å². The Kier molecular flexibility index (Phi) is 145. The molecule has 26 heteroatoms. The monoisotopic (exact) mass is 1470 g/mol. The molecule has 604 valence electrons. The first kappa shape index (κ1) is 138. The number of aliphatic hydroxyl groups excluding tert-OH is 1. The van der Waals surface area contributed by atoms with Gasteiger partial charge in [-0.2, -0.15) is 0 Å². The van der Waals surface area contributed by atoms with Crippen molar-refractivity contribution in [2.24, 2.45) is 58.4 Å². The maximum absolute atomic E-state index is 14.4. The van der Waals surface area contributed by atoms with Gasteiger partial charge in [-0.3, -0.25) is 24.0 Å². The molecule has 0 bridgehead atoms. The Bertz CT molecular complexity index is 1970. The number of amides is 5. The number of rotatable bonds is 21. The van der Waals surface area contributed by atoms with Crippen LogP contribution in [0.3, 0.4) is 0 Å². The van der Waals surface area contributed by atoms with Crippen LogP contribution in [0.25, 0.3) is 0 Å². The Morgan fingerprint density at radius 2 is 0.891 bits per heavy atom. The molecular formula is C75H159ClN12O13. The molecule has 101 heavy (non-hydrogen) atoms. The van der Waals surface area contributed by atoms with Gasteiger partial charge >= 0.3 is 0 Å². The summed E-state index contributed by atoms with van der Waals surface area (Å²) in [6.07, 6.45) is 9.73. The molecule has 2 aromatic rings. The third-order valence-electron chi connectivity index (χ3n) is 12.5. The zero-order valence-electron chi connectivity index (χ0n) is 69.0. The molecule has 0 saturated carbocycles. The van der Waals surface area contributed by atoms with Crippen molar-refractivity contribution in [3.05, 3.63) is 70.7 Å². The van der Waals surface area contributed by atoms with Gasteiger partial charge in [0.15, 0.2) is 0 Å². The predicted octanol–water partition coefficient (Wildman–Crippen LogP) is 11.7. The minimum Gasteiger partial charge on any atom is -0.394 e. The molecule has 1 saturated heterocycles. The first-order chi connectivity index (χ1) is 46.4. The molecular weight excluding hydrogens is 1310 g/mol. The number of nitrogens with zero attached hydrogens (tertiary/aromatic N) is 4. The van der Waals surface area contributed by atoms with Crippen LogP contribution in [-0.4, -0.2) is 194 Å². The topological polar surface area (TPSA) is 459 Å². The number of carbonyl (C=O) groups is 12. The van der Waals surface area contributed by atoms with Gasteiger partial charge < -0.3 is 105 Å². The van der Waals surface area contributed by atoms with Crippen molar-refractivity contribution < 1.29 is 62.6 Å². The number of halogens is 1. The standard InChI is InChI=1S/C37H61N5O5.C8H9Cl.C6H12O.C5H12.C4H10.C3H8O.C2H6.4CH5N.6CH2O.3H3N/c1-11-27(6)33(37(47)42-20-16-13-17-21-42)38-34(44)30(22-25(2)3)40(9)35(45)31(23-26(4)5)41(10)36(46)32(39(8)28(7)43)24-29-18-14-12-15-19-29;1-2-7-4-3-5-8(9)6-7;1-6(2)4-3-5-7;1-4-5(2)3;1-4(2)3;1-3(2)4;11*1-2;;;/h12,14-15,18-19,25-27,30-33H,11,13,16-17,20-24H2,1-10H3,(H,38,44);3-6H,2H2,1H3;5-6H,3-4H2,1-2H3;5H,4H2,1-3H3;4H,1-3H3;3-4H,1-2H3;1-2H3;4*2H2,1H3;6*1H2;3*1H3/t27-,30-,31-,32-,33-;;;;;;;;;;;;;;;;;;;/m0.................../s1. The number of hydrogen-bond acceptors (Lipinski definition) is 20. The van der Waals surface area contributed by atoms with E-state index in [4.69, 9.17) is 45.5 Å². The fourth-order valence-corrected chi connectivity index (χ4v) is 7.60. The van der Waals surface area contributed by atoms with Crippen molar-refractivity contribution in [2.75, 3.05) is 62.4 Å². The molecule has 3 rings (SSSR count). The first-order valence-corrected chi connectivity index (χ1v) is 34.1. The highest BCUT2D eigenvalue weighted by Crippen LogP contribution is 2.22. The lowest BCUT2D eigenvalue weighted by Crippen LogP contribution is -2.60. The molecule has 0 spiro atoms. The average Bonchev–Trinajstić information content (AvgIpc) is 0.816. The molecule has 25 nitrogen and oxygen atoms in total. The van der Waals surface area contributed by atoms with Crippen molar-refractivity contribution in [1.82, 2.24) is 43.4 Å². The molecule has 2 aromatic carbocycles. The first-order valence-electron chi connectivity index (χ1n) is 33.7. The lowest BCUT2D eigenvalue weighted by atomic mass is 9.94. The van der Waals surface area contributed by atoms with Gasteiger partial charge in [0.1, 0.15) is 71.2 Å². The summed E-state index contributed by atoms with van der Waals surface area (Å²) in [6, 6.07) is 14.3. The van der Waals surface area contributed by atoms with Crippen LogP contribution in [0.4, 0.5) is 0 Å². The molecule has 5 atom stereocenters. The number of nitrogens with two attached hydrogens (primary N) is 4. The number of hydrogen-bond donors (Lipinski definition) is 9. The van der Waals surface area contributed by atoms with Crippen LogP contribution in [0.1, 0.15) is 207 Å². The lowest BCUT2D eigenvalue weighted by Gasteiger charge is -2.39. The summed E-state index contributed by atoms with van der Waals surface area (Å²) in [5, 5.41) is 11.9. The number of likely N-dealkylation sites (N-methyl/N-ethyl adjacent to an activating group) is 3. The second-order valence-corrected chi connectivity index (χ2v) is 23.5. The molecule has 1 fully saturated rings. The molecule has 1 aliphatic heterocycles. The quantitative estimate of drug-likeness (QED) is 0.0524. The van der Waals surface area contributed by atoms with Gasteiger partial charge in [0.05, 0.1) is 0 Å². The molecule has 0 aromatic heterocycles. The van der Waals surface area contributed by atoms with Crippen molar-refractivity contribution >= 4 is 88.2 Å². The van der Waals surface area contributed by atoms with Gasteiger partial charge in [0, 0.05) is 65.1 Å². The fraction of sp³-hybridized carbons (Fsp3) is 0.680. The zero-order valence-corrected chi connectivity index (χ0v) is 69.8. The Labute approximate surface area is 622 Å². The van der Waals surface area contributed by atoms with Crippen molar-refractivity contribution in [2.45, 2.75) is 239 Å². The summed E-state index contributed by atoms with van der Waals surface area (Å²) in [6.45, 7) is 53.7.